The maximum atomic E-state index is 9.10. The maximum Gasteiger partial charge on any atom is 0.120 e. The molecule has 0 rings (SSSR count). The molecule has 0 fully saturated rings. The van der Waals surface area contributed by atoms with Crippen molar-refractivity contribution in [1.82, 2.24) is 0 Å². The first-order valence-corrected chi connectivity index (χ1v) is 3.20. The van der Waals surface area contributed by atoms with Crippen LogP contribution in [0.2, 0.25) is 0 Å². The van der Waals surface area contributed by atoms with Crippen LogP contribution in [-0.4, -0.2) is 21.4 Å². The first-order chi connectivity index (χ1) is 4.21. The molecule has 0 spiro atoms. The lowest BCUT2D eigenvalue weighted by Gasteiger charge is -2.10. The third-order valence-corrected chi connectivity index (χ3v) is 0.674. The van der Waals surface area contributed by atoms with E-state index in [0.717, 1.165) is 0 Å². The van der Waals surface area contributed by atoms with E-state index in [1.165, 1.54) is 0 Å². The fourth-order valence-corrected chi connectivity index (χ4v) is 0.306. The molecule has 0 saturated carbocycles. The Morgan fingerprint density at radius 3 is 1.10 bits per heavy atom. The van der Waals surface area contributed by atoms with Gasteiger partial charge in [0.1, 0.15) is 11.2 Å². The molecule has 0 atom stereocenters. The van der Waals surface area contributed by atoms with Gasteiger partial charge in [0.15, 0.2) is 0 Å². The number of aliphatic hydroxyl groups is 2. The minimum absolute atomic E-state index is 1.01. The molecule has 0 unspecified atom stereocenters. The summed E-state index contributed by atoms with van der Waals surface area (Å²) < 4.78 is 0. The van der Waals surface area contributed by atoms with E-state index in [9.17, 15) is 0 Å². The normalized spacial score (nSPS) is 12.2. The summed E-state index contributed by atoms with van der Waals surface area (Å²) in [5.74, 6) is 5.03. The van der Waals surface area contributed by atoms with E-state index in [2.05, 4.69) is 11.8 Å². The first kappa shape index (κ1) is 9.48. The van der Waals surface area contributed by atoms with E-state index < -0.39 is 11.2 Å². The maximum absolute atomic E-state index is 9.10. The van der Waals surface area contributed by atoms with Crippen molar-refractivity contribution in [2.24, 2.45) is 0 Å². The van der Waals surface area contributed by atoms with Crippen LogP contribution < -0.4 is 0 Å². The van der Waals surface area contributed by atoms with Crippen LogP contribution in [0.4, 0.5) is 0 Å². The van der Waals surface area contributed by atoms with Gasteiger partial charge in [0, 0.05) is 0 Å². The summed E-state index contributed by atoms with van der Waals surface area (Å²) in [6.45, 7) is 6.30. The van der Waals surface area contributed by atoms with Crippen LogP contribution in [0.5, 0.6) is 0 Å². The SMILES string of the molecule is CC(C)(O)C#CC(C)(C)O. The Labute approximate surface area is 61.9 Å². The molecule has 0 radical (unpaired) electrons. The lowest BCUT2D eigenvalue weighted by atomic mass is 10.1. The second kappa shape index (κ2) is 2.61. The summed E-state index contributed by atoms with van der Waals surface area (Å²) in [5, 5.41) is 18.2. The minimum Gasteiger partial charge on any atom is -0.378 e. The third-order valence-electron chi connectivity index (χ3n) is 0.674. The van der Waals surface area contributed by atoms with Crippen molar-refractivity contribution >= 4 is 0 Å². The van der Waals surface area contributed by atoms with Crippen molar-refractivity contribution in [3.05, 3.63) is 0 Å². The van der Waals surface area contributed by atoms with Crippen LogP contribution in [0.15, 0.2) is 0 Å². The van der Waals surface area contributed by atoms with Gasteiger partial charge in [-0.2, -0.15) is 0 Å². The molecule has 0 bridgehead atoms. The van der Waals surface area contributed by atoms with Crippen LogP contribution in [0.25, 0.3) is 0 Å². The molecule has 2 N–H and O–H groups in total. The number of hydrogen-bond donors (Lipinski definition) is 2. The summed E-state index contributed by atoms with van der Waals surface area (Å²) in [6, 6.07) is 0. The molecule has 0 heterocycles. The minimum atomic E-state index is -1.01. The highest BCUT2D eigenvalue weighted by Gasteiger charge is 2.10. The Balaban J connectivity index is 4.19. The molecule has 10 heavy (non-hydrogen) atoms. The van der Waals surface area contributed by atoms with E-state index in [4.69, 9.17) is 10.2 Å². The summed E-state index contributed by atoms with van der Waals surface area (Å²) >= 11 is 0. The molecule has 2 heteroatoms. The predicted molar refractivity (Wildman–Crippen MR) is 40.4 cm³/mol. The highest BCUT2D eigenvalue weighted by atomic mass is 16.3. The van der Waals surface area contributed by atoms with E-state index in [0.29, 0.717) is 0 Å². The number of hydrogen-bond acceptors (Lipinski definition) is 2. The molecule has 0 aromatic rings. The quantitative estimate of drug-likeness (QED) is 0.484. The molecule has 0 aromatic heterocycles. The van der Waals surface area contributed by atoms with Gasteiger partial charge in [0.2, 0.25) is 0 Å². The van der Waals surface area contributed by atoms with Crippen molar-refractivity contribution in [2.75, 3.05) is 0 Å². The summed E-state index contributed by atoms with van der Waals surface area (Å²) in [7, 11) is 0. The van der Waals surface area contributed by atoms with Crippen LogP contribution in [0, 0.1) is 11.8 Å². The summed E-state index contributed by atoms with van der Waals surface area (Å²) in [6.07, 6.45) is 0. The van der Waals surface area contributed by atoms with Crippen molar-refractivity contribution in [3.63, 3.8) is 0 Å². The molecule has 58 valence electrons. The van der Waals surface area contributed by atoms with Gasteiger partial charge in [-0.3, -0.25) is 0 Å². The van der Waals surface area contributed by atoms with Crippen LogP contribution in [0.3, 0.4) is 0 Å². The fourth-order valence-electron chi connectivity index (χ4n) is 0.306. The Hall–Kier alpha value is -0.520. The summed E-state index contributed by atoms with van der Waals surface area (Å²) in [5.41, 5.74) is -2.03. The Morgan fingerprint density at radius 1 is 0.800 bits per heavy atom. The Bertz CT molecular complexity index is 140. The lowest BCUT2D eigenvalue weighted by Crippen LogP contribution is -2.20. The van der Waals surface area contributed by atoms with Gasteiger partial charge in [-0.05, 0) is 27.7 Å². The van der Waals surface area contributed by atoms with E-state index in [1.54, 1.807) is 27.7 Å². The lowest BCUT2D eigenvalue weighted by molar-refractivity contribution is 0.131. The van der Waals surface area contributed by atoms with Crippen LogP contribution in [0.1, 0.15) is 27.7 Å². The van der Waals surface area contributed by atoms with E-state index in [1.807, 2.05) is 0 Å². The Kier molecular flexibility index (Phi) is 2.48. The molecule has 0 aliphatic heterocycles. The summed E-state index contributed by atoms with van der Waals surface area (Å²) in [4.78, 5) is 0. The molecular formula is C8H14O2. The predicted octanol–water partition coefficient (Wildman–Crippen LogP) is 0.532. The van der Waals surface area contributed by atoms with Crippen molar-refractivity contribution < 1.29 is 10.2 Å². The van der Waals surface area contributed by atoms with Crippen LogP contribution >= 0.6 is 0 Å². The largest absolute Gasteiger partial charge is 0.378 e. The van der Waals surface area contributed by atoms with Crippen molar-refractivity contribution in [2.45, 2.75) is 38.9 Å². The average molecular weight is 142 g/mol. The smallest absolute Gasteiger partial charge is 0.120 e. The monoisotopic (exact) mass is 142 g/mol. The zero-order chi connectivity index (χ0) is 8.41. The molecule has 0 aliphatic rings. The van der Waals surface area contributed by atoms with Crippen molar-refractivity contribution in [3.8, 4) is 11.8 Å². The molecule has 0 saturated heterocycles. The fraction of sp³-hybridized carbons (Fsp3) is 0.750. The average Bonchev–Trinajstić information content (AvgIpc) is 1.57. The molecule has 0 aromatic carbocycles. The van der Waals surface area contributed by atoms with Gasteiger partial charge in [-0.15, -0.1) is 0 Å². The third kappa shape index (κ3) is 7.48. The van der Waals surface area contributed by atoms with Crippen molar-refractivity contribution in [1.29, 1.82) is 0 Å². The van der Waals surface area contributed by atoms with Gasteiger partial charge in [-0.25, -0.2) is 0 Å². The van der Waals surface area contributed by atoms with Gasteiger partial charge in [0.05, 0.1) is 0 Å². The van der Waals surface area contributed by atoms with Gasteiger partial charge in [0.25, 0.3) is 0 Å². The highest BCUT2D eigenvalue weighted by molar-refractivity contribution is 5.16. The van der Waals surface area contributed by atoms with Gasteiger partial charge >= 0.3 is 0 Å². The molecule has 0 aliphatic carbocycles. The second-order valence-electron chi connectivity index (χ2n) is 3.37. The zero-order valence-electron chi connectivity index (χ0n) is 6.89. The standard InChI is InChI=1S/C8H14O2/c1-7(2,9)5-6-8(3,4)10/h9-10H,1-4H3. The zero-order valence-corrected chi connectivity index (χ0v) is 6.89. The molecule has 0 amide bonds. The first-order valence-electron chi connectivity index (χ1n) is 3.20. The number of rotatable bonds is 0. The highest BCUT2D eigenvalue weighted by Crippen LogP contribution is 2.01. The second-order valence-corrected chi connectivity index (χ2v) is 3.37. The molecule has 2 nitrogen and oxygen atoms in total. The van der Waals surface area contributed by atoms with E-state index in [-0.39, 0.29) is 0 Å². The molecular weight excluding hydrogens is 128 g/mol. The van der Waals surface area contributed by atoms with E-state index >= 15 is 0 Å². The topological polar surface area (TPSA) is 40.5 Å². The Morgan fingerprint density at radius 2 is 1.00 bits per heavy atom. The van der Waals surface area contributed by atoms with Gasteiger partial charge < -0.3 is 10.2 Å². The van der Waals surface area contributed by atoms with Gasteiger partial charge in [-0.1, -0.05) is 11.8 Å². The van der Waals surface area contributed by atoms with Crippen LogP contribution in [-0.2, 0) is 0 Å².